The summed E-state index contributed by atoms with van der Waals surface area (Å²) in [7, 11) is -1.06. The fourth-order valence-electron chi connectivity index (χ4n) is 4.87. The number of nitrogens with one attached hydrogen (secondary N) is 1. The van der Waals surface area contributed by atoms with Crippen molar-refractivity contribution in [2.24, 2.45) is 0 Å². The molecule has 7 nitrogen and oxygen atoms in total. The molecule has 0 aliphatic carbocycles. The molecule has 5 rings (SSSR count). The fraction of sp³-hybridized carbons (Fsp3) is 0.565. The van der Waals surface area contributed by atoms with Gasteiger partial charge in [0.05, 0.1) is 16.5 Å². The molecule has 3 atom stereocenters. The van der Waals surface area contributed by atoms with Crippen molar-refractivity contribution in [2.75, 3.05) is 47.2 Å². The first-order valence-corrected chi connectivity index (χ1v) is 12.7. The standard InChI is InChI=1S/C23H30FN5O2S/c1-15-14-29(16(2)13-28(15)19-5-3-4-17(24)12-19)23-26-20-8-11-32(30)21(20)22(27-23)25-18-6-9-31-10-7-18/h3-5,12,15-16,18H,6-11,13-14H2,1-2H3,(H,25,26,27)/t15-,16?,32?/m1/s1. The predicted molar refractivity (Wildman–Crippen MR) is 124 cm³/mol. The molecule has 1 aromatic carbocycles. The molecule has 4 heterocycles. The molecule has 0 spiro atoms. The van der Waals surface area contributed by atoms with Gasteiger partial charge < -0.3 is 19.9 Å². The van der Waals surface area contributed by atoms with Gasteiger partial charge in [0.25, 0.3) is 0 Å². The van der Waals surface area contributed by atoms with Crippen LogP contribution in [0.2, 0.25) is 0 Å². The number of halogens is 1. The molecule has 3 aliphatic rings. The highest BCUT2D eigenvalue weighted by molar-refractivity contribution is 7.85. The predicted octanol–water partition coefficient (Wildman–Crippen LogP) is 2.97. The smallest absolute Gasteiger partial charge is 0.227 e. The number of aromatic nitrogens is 2. The lowest BCUT2D eigenvalue weighted by Gasteiger charge is -2.45. The average molecular weight is 460 g/mol. The van der Waals surface area contributed by atoms with Crippen molar-refractivity contribution in [3.05, 3.63) is 35.8 Å². The average Bonchev–Trinajstić information content (AvgIpc) is 3.16. The van der Waals surface area contributed by atoms with Crippen molar-refractivity contribution in [3.63, 3.8) is 0 Å². The zero-order chi connectivity index (χ0) is 22.2. The van der Waals surface area contributed by atoms with Gasteiger partial charge in [-0.25, -0.2) is 9.37 Å². The number of hydrogen-bond donors (Lipinski definition) is 1. The molecule has 2 unspecified atom stereocenters. The highest BCUT2D eigenvalue weighted by Crippen LogP contribution is 2.33. The van der Waals surface area contributed by atoms with Gasteiger partial charge in [-0.05, 0) is 44.9 Å². The van der Waals surface area contributed by atoms with Gasteiger partial charge in [0, 0.05) is 62.3 Å². The van der Waals surface area contributed by atoms with Gasteiger partial charge in [0.1, 0.15) is 16.5 Å². The Balaban J connectivity index is 1.42. The maximum atomic E-state index is 13.8. The van der Waals surface area contributed by atoms with Gasteiger partial charge in [-0.1, -0.05) is 6.07 Å². The SMILES string of the molecule is CC1CN(c2cccc(F)c2)[C@H](C)CN1c1nc2c(c(NC3CCOCC3)n1)S(=O)CC2. The highest BCUT2D eigenvalue weighted by Gasteiger charge is 2.34. The Morgan fingerprint density at radius 2 is 1.88 bits per heavy atom. The molecule has 0 radical (unpaired) electrons. The Labute approximate surface area is 190 Å². The lowest BCUT2D eigenvalue weighted by Crippen LogP contribution is -2.57. The van der Waals surface area contributed by atoms with Gasteiger partial charge in [0.15, 0.2) is 0 Å². The minimum Gasteiger partial charge on any atom is -0.381 e. The van der Waals surface area contributed by atoms with Crippen LogP contribution >= 0.6 is 0 Å². The molecule has 1 N–H and O–H groups in total. The summed E-state index contributed by atoms with van der Waals surface area (Å²) in [5.74, 6) is 1.80. The fourth-order valence-corrected chi connectivity index (χ4v) is 6.18. The maximum absolute atomic E-state index is 13.8. The molecule has 9 heteroatoms. The molecule has 2 aromatic rings. The van der Waals surface area contributed by atoms with E-state index in [0.29, 0.717) is 18.1 Å². The second-order valence-corrected chi connectivity index (χ2v) is 10.5. The molecule has 2 fully saturated rings. The Morgan fingerprint density at radius 1 is 1.12 bits per heavy atom. The van der Waals surface area contributed by atoms with E-state index in [2.05, 4.69) is 29.0 Å². The van der Waals surface area contributed by atoms with Crippen molar-refractivity contribution < 1.29 is 13.3 Å². The van der Waals surface area contributed by atoms with Gasteiger partial charge >= 0.3 is 0 Å². The normalized spacial score (nSPS) is 26.3. The lowest BCUT2D eigenvalue weighted by molar-refractivity contribution is 0.0903. The van der Waals surface area contributed by atoms with Crippen LogP contribution in [0.1, 0.15) is 32.4 Å². The van der Waals surface area contributed by atoms with Crippen molar-refractivity contribution >= 4 is 28.3 Å². The minimum absolute atomic E-state index is 0.148. The topological polar surface area (TPSA) is 70.6 Å². The Morgan fingerprint density at radius 3 is 2.66 bits per heavy atom. The monoisotopic (exact) mass is 459 g/mol. The number of piperazine rings is 1. The second kappa shape index (κ2) is 8.94. The number of anilines is 3. The van der Waals surface area contributed by atoms with Gasteiger partial charge in [0.2, 0.25) is 5.95 Å². The summed E-state index contributed by atoms with van der Waals surface area (Å²) in [5, 5.41) is 3.56. The number of hydrogen-bond acceptors (Lipinski definition) is 7. The van der Waals surface area contributed by atoms with E-state index in [0.717, 1.165) is 61.2 Å². The zero-order valence-electron chi connectivity index (χ0n) is 18.6. The number of nitrogens with zero attached hydrogens (tertiary/aromatic N) is 4. The molecule has 3 aliphatic heterocycles. The van der Waals surface area contributed by atoms with E-state index >= 15 is 0 Å². The summed E-state index contributed by atoms with van der Waals surface area (Å²) in [5.41, 5.74) is 1.80. The van der Waals surface area contributed by atoms with E-state index < -0.39 is 10.8 Å². The molecule has 32 heavy (non-hydrogen) atoms. The molecular formula is C23H30FN5O2S. The summed E-state index contributed by atoms with van der Waals surface area (Å²) < 4.78 is 31.9. The van der Waals surface area contributed by atoms with E-state index in [-0.39, 0.29) is 23.9 Å². The van der Waals surface area contributed by atoms with Crippen LogP contribution in [0.5, 0.6) is 0 Å². The highest BCUT2D eigenvalue weighted by atomic mass is 32.2. The largest absolute Gasteiger partial charge is 0.381 e. The third-order valence-corrected chi connectivity index (χ3v) is 8.08. The third-order valence-electron chi connectivity index (χ3n) is 6.62. The van der Waals surface area contributed by atoms with Gasteiger partial charge in [-0.2, -0.15) is 4.98 Å². The van der Waals surface area contributed by atoms with E-state index in [9.17, 15) is 8.60 Å². The third kappa shape index (κ3) is 4.20. The zero-order valence-corrected chi connectivity index (χ0v) is 19.4. The Kier molecular flexibility index (Phi) is 6.03. The quantitative estimate of drug-likeness (QED) is 0.754. The summed E-state index contributed by atoms with van der Waals surface area (Å²) >= 11 is 0. The van der Waals surface area contributed by atoms with Crippen LogP contribution in [-0.2, 0) is 22.0 Å². The van der Waals surface area contributed by atoms with Gasteiger partial charge in [-0.3, -0.25) is 4.21 Å². The summed E-state index contributed by atoms with van der Waals surface area (Å²) in [4.78, 5) is 15.0. The van der Waals surface area contributed by atoms with Crippen molar-refractivity contribution in [1.82, 2.24) is 9.97 Å². The first kappa shape index (κ1) is 21.6. The summed E-state index contributed by atoms with van der Waals surface area (Å²) in [6, 6.07) is 7.38. The molecule has 1 aromatic heterocycles. The van der Waals surface area contributed by atoms with E-state index in [4.69, 9.17) is 14.7 Å². The molecule has 0 amide bonds. The number of benzene rings is 1. The molecule has 0 saturated carbocycles. The van der Waals surface area contributed by atoms with Crippen LogP contribution in [0.4, 0.5) is 21.8 Å². The number of fused-ring (bicyclic) bond motifs is 1. The van der Waals surface area contributed by atoms with Crippen LogP contribution < -0.4 is 15.1 Å². The Hall–Kier alpha value is -2.26. The summed E-state index contributed by atoms with van der Waals surface area (Å²) in [6.45, 7) is 7.25. The van der Waals surface area contributed by atoms with E-state index in [1.165, 1.54) is 6.07 Å². The van der Waals surface area contributed by atoms with Gasteiger partial charge in [-0.15, -0.1) is 0 Å². The molecule has 2 saturated heterocycles. The van der Waals surface area contributed by atoms with Crippen LogP contribution in [0.3, 0.4) is 0 Å². The number of rotatable bonds is 4. The molecule has 0 bridgehead atoms. The van der Waals surface area contributed by atoms with E-state index in [1.54, 1.807) is 12.1 Å². The van der Waals surface area contributed by atoms with Crippen molar-refractivity contribution in [2.45, 2.75) is 56.1 Å². The van der Waals surface area contributed by atoms with Crippen LogP contribution in [0.25, 0.3) is 0 Å². The first-order chi connectivity index (χ1) is 15.5. The second-order valence-electron chi connectivity index (χ2n) is 8.96. The Bertz CT molecular complexity index is 1020. The molecule has 172 valence electrons. The van der Waals surface area contributed by atoms with Crippen molar-refractivity contribution in [3.8, 4) is 0 Å². The number of aryl methyl sites for hydroxylation is 1. The molecular weight excluding hydrogens is 429 g/mol. The summed E-state index contributed by atoms with van der Waals surface area (Å²) in [6.07, 6.45) is 2.55. The number of ether oxygens (including phenoxy) is 1. The van der Waals surface area contributed by atoms with E-state index in [1.807, 2.05) is 6.07 Å². The van der Waals surface area contributed by atoms with Crippen LogP contribution in [0, 0.1) is 5.82 Å². The first-order valence-electron chi connectivity index (χ1n) is 11.4. The maximum Gasteiger partial charge on any atom is 0.227 e. The van der Waals surface area contributed by atoms with Crippen molar-refractivity contribution in [1.29, 1.82) is 0 Å². The minimum atomic E-state index is -1.06. The lowest BCUT2D eigenvalue weighted by atomic mass is 10.1. The van der Waals surface area contributed by atoms with Crippen LogP contribution in [0.15, 0.2) is 29.2 Å². The van der Waals surface area contributed by atoms with Crippen LogP contribution in [-0.4, -0.2) is 64.4 Å².